The van der Waals surface area contributed by atoms with E-state index in [0.29, 0.717) is 37.9 Å². The molecule has 1 saturated heterocycles. The zero-order valence-electron chi connectivity index (χ0n) is 32.4. The van der Waals surface area contributed by atoms with Crippen LogP contribution in [0.2, 0.25) is 0 Å². The van der Waals surface area contributed by atoms with Crippen LogP contribution in [0.1, 0.15) is 77.0 Å². The Bertz CT molecular complexity index is 1760. The third-order valence-corrected chi connectivity index (χ3v) is 9.54. The minimum atomic E-state index is -1.31. The number of nitrogens with zero attached hydrogens (tertiary/aromatic N) is 2. The summed E-state index contributed by atoms with van der Waals surface area (Å²) in [5, 5.41) is 25.4. The Hall–Kier alpha value is -5.49. The van der Waals surface area contributed by atoms with E-state index in [4.69, 9.17) is 5.73 Å². The molecule has 1 aliphatic heterocycles. The molecule has 18 heteroatoms. The average Bonchev–Trinajstić information content (AvgIpc) is 3.84. The maximum absolute atomic E-state index is 14.3. The summed E-state index contributed by atoms with van der Waals surface area (Å²) in [6, 6.07) is 0.748. The number of aliphatic hydroxyl groups excluding tert-OH is 1. The number of carbonyl (C=O) groups is 6. The first-order valence-electron chi connectivity index (χ1n) is 19.4. The molecule has 1 aliphatic rings. The number of amides is 7. The molecule has 1 fully saturated rings. The zero-order valence-corrected chi connectivity index (χ0v) is 32.4. The summed E-state index contributed by atoms with van der Waals surface area (Å²) in [7, 11) is 0. The van der Waals surface area contributed by atoms with Crippen LogP contribution in [0.5, 0.6) is 0 Å². The largest absolute Gasteiger partial charge is 0.394 e. The van der Waals surface area contributed by atoms with Crippen LogP contribution in [0, 0.1) is 5.92 Å². The van der Waals surface area contributed by atoms with Crippen LogP contribution >= 0.6 is 0 Å². The molecule has 1 aromatic carbocycles. The van der Waals surface area contributed by atoms with E-state index in [1.807, 2.05) is 45.0 Å². The van der Waals surface area contributed by atoms with Crippen molar-refractivity contribution in [3.8, 4) is 0 Å². The first-order valence-corrected chi connectivity index (χ1v) is 19.4. The molecule has 0 spiro atoms. The Morgan fingerprint density at radius 1 is 0.768 bits per heavy atom. The van der Waals surface area contributed by atoms with Gasteiger partial charge in [-0.3, -0.25) is 29.4 Å². The lowest BCUT2D eigenvalue weighted by molar-refractivity contribution is -0.135. The summed E-state index contributed by atoms with van der Waals surface area (Å²) in [4.78, 5) is 94.1. The zero-order chi connectivity index (χ0) is 40.6. The molecule has 306 valence electrons. The third kappa shape index (κ3) is 12.5. The molecule has 0 unspecified atom stereocenters. The number of hydrogen-bond acceptors (Lipinski definition) is 9. The van der Waals surface area contributed by atoms with Gasteiger partial charge in [0.05, 0.1) is 19.5 Å². The number of imidazole rings is 1. The number of rotatable bonds is 15. The van der Waals surface area contributed by atoms with E-state index in [-0.39, 0.29) is 44.6 Å². The number of urea groups is 1. The van der Waals surface area contributed by atoms with Gasteiger partial charge in [0.1, 0.15) is 30.2 Å². The van der Waals surface area contributed by atoms with Gasteiger partial charge in [-0.25, -0.2) is 14.8 Å². The van der Waals surface area contributed by atoms with Gasteiger partial charge in [0.25, 0.3) is 5.91 Å². The number of H-pyrrole nitrogens is 2. The van der Waals surface area contributed by atoms with Crippen LogP contribution in [0.4, 0.5) is 4.79 Å². The number of nitrogens with one attached hydrogen (secondary N) is 8. The Morgan fingerprint density at radius 3 is 2.05 bits per heavy atom. The number of unbranched alkanes of at least 4 members (excludes halogenated alkanes) is 2. The fraction of sp³-hybridized carbons (Fsp3) is 0.553. The first-order chi connectivity index (χ1) is 26.9. The van der Waals surface area contributed by atoms with E-state index in [0.717, 1.165) is 21.5 Å². The normalized spacial score (nSPS) is 22.1. The summed E-state index contributed by atoms with van der Waals surface area (Å²) in [5.41, 5.74) is 10.2. The van der Waals surface area contributed by atoms with Gasteiger partial charge >= 0.3 is 6.03 Å². The molecule has 0 aliphatic carbocycles. The number of benzene rings is 1. The number of aromatic nitrogens is 3. The van der Waals surface area contributed by atoms with Crippen LogP contribution in [0.3, 0.4) is 0 Å². The monoisotopic (exact) mass is 779 g/mol. The van der Waals surface area contributed by atoms with Crippen LogP contribution in [-0.4, -0.2) is 111 Å². The standard InChI is InChI=1S/C38H57N11O7/c1-4-5-11-28-33(51)45-31(18-24-20-41-27-12-7-6-10-26(24)27)36(54)46-32(19-25-21-40-22-42-25)37(55)48-49(15-16-50)38(56)47-29(13-8-9-14-39)34(52)44-30(17-23(2)3)35(53)43-28/h6-7,10,12,20-23,28-32,41,50H,4-5,8-9,11,13-19,39H2,1-3H3,(H,40,42)(H,43,53)(H,44,52)(H,45,51)(H,46,54)(H,47,56)(H,48,55)/t28-,29-,30+,31+,32-/m0/s1. The number of carbonyl (C=O) groups excluding carboxylic acids is 6. The first kappa shape index (κ1) is 43.2. The second-order valence-corrected chi connectivity index (χ2v) is 14.5. The molecule has 11 N–H and O–H groups in total. The van der Waals surface area contributed by atoms with E-state index < -0.39 is 72.4 Å². The molecular weight excluding hydrogens is 722 g/mol. The predicted molar refractivity (Wildman–Crippen MR) is 208 cm³/mol. The molecule has 5 atom stereocenters. The lowest BCUT2D eigenvalue weighted by Gasteiger charge is -2.30. The summed E-state index contributed by atoms with van der Waals surface area (Å²) in [6.45, 7) is 5.15. The topological polar surface area (TPSA) is 269 Å². The number of aliphatic hydroxyl groups is 1. The minimum absolute atomic E-state index is 0.0189. The van der Waals surface area contributed by atoms with Gasteiger partial charge < -0.3 is 47.4 Å². The number of para-hydroxylation sites is 1. The summed E-state index contributed by atoms with van der Waals surface area (Å²) >= 11 is 0. The van der Waals surface area contributed by atoms with Gasteiger partial charge in [-0.05, 0) is 56.2 Å². The van der Waals surface area contributed by atoms with E-state index >= 15 is 0 Å². The number of aromatic amines is 2. The number of β-amino-alcohol motifs (C(OH)–C–C–N with tert-alkyl or cyclic N) is 1. The lowest BCUT2D eigenvalue weighted by Crippen LogP contribution is -2.63. The van der Waals surface area contributed by atoms with Gasteiger partial charge in [-0.1, -0.05) is 51.8 Å². The Morgan fingerprint density at radius 2 is 1.39 bits per heavy atom. The average molecular weight is 780 g/mol. The van der Waals surface area contributed by atoms with Crippen molar-refractivity contribution in [3.63, 3.8) is 0 Å². The van der Waals surface area contributed by atoms with Gasteiger partial charge in [0.2, 0.25) is 23.6 Å². The highest BCUT2D eigenvalue weighted by atomic mass is 16.3. The third-order valence-electron chi connectivity index (χ3n) is 9.54. The molecule has 56 heavy (non-hydrogen) atoms. The molecule has 4 rings (SSSR count). The van der Waals surface area contributed by atoms with Gasteiger partial charge in [0, 0.05) is 41.8 Å². The number of fused-ring (bicyclic) bond motifs is 1. The fourth-order valence-electron chi connectivity index (χ4n) is 6.53. The number of nitrogens with two attached hydrogens (primary N) is 1. The van der Waals surface area contributed by atoms with Crippen molar-refractivity contribution >= 4 is 46.5 Å². The van der Waals surface area contributed by atoms with E-state index in [9.17, 15) is 33.9 Å². The van der Waals surface area contributed by atoms with Crippen LogP contribution in [-0.2, 0) is 36.8 Å². The number of hydrazine groups is 1. The van der Waals surface area contributed by atoms with Crippen LogP contribution < -0.4 is 37.7 Å². The summed E-state index contributed by atoms with van der Waals surface area (Å²) in [6.07, 6.45) is 7.49. The smallest absolute Gasteiger partial charge is 0.336 e. The highest BCUT2D eigenvalue weighted by Gasteiger charge is 2.35. The maximum Gasteiger partial charge on any atom is 0.336 e. The van der Waals surface area contributed by atoms with Crippen molar-refractivity contribution in [2.75, 3.05) is 19.7 Å². The molecule has 3 heterocycles. The highest BCUT2D eigenvalue weighted by molar-refractivity contribution is 5.97. The molecule has 0 bridgehead atoms. The van der Waals surface area contributed by atoms with Crippen LogP contribution in [0.15, 0.2) is 43.0 Å². The van der Waals surface area contributed by atoms with Crippen molar-refractivity contribution in [1.82, 2.24) is 52.0 Å². The van der Waals surface area contributed by atoms with E-state index in [2.05, 4.69) is 47.0 Å². The predicted octanol–water partition coefficient (Wildman–Crippen LogP) is 0.398. The van der Waals surface area contributed by atoms with Crippen molar-refractivity contribution < 1.29 is 33.9 Å². The maximum atomic E-state index is 14.3. The van der Waals surface area contributed by atoms with Crippen molar-refractivity contribution in [2.24, 2.45) is 11.7 Å². The van der Waals surface area contributed by atoms with Gasteiger partial charge in [0.15, 0.2) is 0 Å². The summed E-state index contributed by atoms with van der Waals surface area (Å²) in [5.74, 6) is -3.42. The lowest BCUT2D eigenvalue weighted by atomic mass is 10.00. The van der Waals surface area contributed by atoms with Crippen LogP contribution in [0.25, 0.3) is 10.9 Å². The van der Waals surface area contributed by atoms with E-state index in [1.54, 1.807) is 6.20 Å². The van der Waals surface area contributed by atoms with Crippen molar-refractivity contribution in [3.05, 3.63) is 54.2 Å². The molecule has 0 radical (unpaired) electrons. The Balaban J connectivity index is 1.78. The second kappa shape index (κ2) is 21.6. The second-order valence-electron chi connectivity index (χ2n) is 14.5. The molecular formula is C38H57N11O7. The fourth-order valence-corrected chi connectivity index (χ4v) is 6.53. The van der Waals surface area contributed by atoms with Crippen molar-refractivity contribution in [1.29, 1.82) is 0 Å². The quantitative estimate of drug-likeness (QED) is 0.0956. The van der Waals surface area contributed by atoms with Gasteiger partial charge in [-0.2, -0.15) is 0 Å². The number of hydrogen-bond donors (Lipinski definition) is 10. The Kier molecular flexibility index (Phi) is 16.6. The van der Waals surface area contributed by atoms with Crippen molar-refractivity contribution in [2.45, 2.75) is 109 Å². The van der Waals surface area contributed by atoms with E-state index in [1.165, 1.54) is 12.5 Å². The SMILES string of the molecule is CCCC[C@@H]1NC(=O)[C@@H](CC(C)C)NC(=O)[C@H](CCCCN)NC(=O)N(CCO)NC(=O)[C@H](Cc2cnc[nH]2)NC(=O)[C@@H](Cc2c[nH]c3ccccc23)NC1=O. The minimum Gasteiger partial charge on any atom is -0.394 e. The molecule has 2 aromatic heterocycles. The molecule has 3 aromatic rings. The molecule has 7 amide bonds. The Labute approximate surface area is 326 Å². The molecule has 0 saturated carbocycles. The summed E-state index contributed by atoms with van der Waals surface area (Å²) < 4.78 is 0. The highest BCUT2D eigenvalue weighted by Crippen LogP contribution is 2.20. The molecule has 18 nitrogen and oxygen atoms in total. The van der Waals surface area contributed by atoms with Gasteiger partial charge in [-0.15, -0.1) is 0 Å².